The molecule has 0 amide bonds. The topological polar surface area (TPSA) is 81.4 Å². The fraction of sp³-hybridized carbons (Fsp3) is 0.174. The Morgan fingerprint density at radius 2 is 1.72 bits per heavy atom. The molecule has 6 nitrogen and oxygen atoms in total. The first-order valence-electron chi connectivity index (χ1n) is 9.68. The number of rotatable bonds is 5. The molecule has 0 aromatic heterocycles. The predicted molar refractivity (Wildman–Crippen MR) is 116 cm³/mol. The Hall–Kier alpha value is -3.46. The Morgan fingerprint density at radius 3 is 2.41 bits per heavy atom. The summed E-state index contributed by atoms with van der Waals surface area (Å²) in [5.41, 5.74) is 2.67. The van der Waals surface area contributed by atoms with Gasteiger partial charge in [-0.25, -0.2) is 22.2 Å². The smallest absolute Gasteiger partial charge is 0.176 e. The zero-order chi connectivity index (χ0) is 23.2. The normalized spacial score (nSPS) is 12.8. The third kappa shape index (κ3) is 3.91. The first-order valence-corrected chi connectivity index (χ1v) is 11.6. The van der Waals surface area contributed by atoms with Crippen molar-refractivity contribution in [2.24, 2.45) is 0 Å². The van der Waals surface area contributed by atoms with Crippen LogP contribution in [-0.2, 0) is 9.84 Å². The van der Waals surface area contributed by atoms with Gasteiger partial charge in [0.15, 0.2) is 27.2 Å². The summed E-state index contributed by atoms with van der Waals surface area (Å²) in [5, 5.41) is 9.50. The number of fused-ring (bicyclic) bond motifs is 1. The molecule has 2 heterocycles. The number of sulfone groups is 1. The van der Waals surface area contributed by atoms with Crippen molar-refractivity contribution in [1.29, 1.82) is 0 Å². The molecular formula is C23H20F2N2O4S. The average molecular weight is 458 g/mol. The maximum atomic E-state index is 14.3. The van der Waals surface area contributed by atoms with E-state index in [1.807, 2.05) is 0 Å². The van der Waals surface area contributed by atoms with E-state index in [0.717, 1.165) is 23.1 Å². The summed E-state index contributed by atoms with van der Waals surface area (Å²) in [7, 11) is -3.38. The quantitative estimate of drug-likeness (QED) is 0.406. The number of hydrogen-bond donors (Lipinski definition) is 1. The van der Waals surface area contributed by atoms with Crippen molar-refractivity contribution in [1.82, 2.24) is 9.71 Å². The van der Waals surface area contributed by atoms with Crippen LogP contribution in [-0.4, -0.2) is 29.6 Å². The summed E-state index contributed by atoms with van der Waals surface area (Å²) in [6, 6.07) is 11.2. The van der Waals surface area contributed by atoms with Crippen LogP contribution in [0.4, 0.5) is 8.78 Å². The molecule has 2 aromatic rings. The van der Waals surface area contributed by atoms with E-state index in [2.05, 4.69) is 4.98 Å². The number of benzene rings is 2. The standard InChI is InChI=1S/C23H20F2N2O4S/c1-13-10-18(17-8-9-26-23(17)27(13)28)19-11-15(14(2)32(3,29)30)4-6-21(19)31-22-7-5-16(24)12-20(22)25/h4-12,14,28H,1-3H3. The van der Waals surface area contributed by atoms with E-state index in [1.54, 1.807) is 44.2 Å². The fourth-order valence-corrected chi connectivity index (χ4v) is 4.11. The zero-order valence-electron chi connectivity index (χ0n) is 17.5. The van der Waals surface area contributed by atoms with Crippen LogP contribution in [0.5, 0.6) is 11.5 Å². The van der Waals surface area contributed by atoms with Crippen molar-refractivity contribution in [3.8, 4) is 34.0 Å². The highest BCUT2D eigenvalue weighted by atomic mass is 32.2. The SMILES string of the molecule is Cc1cc(-c2cc(C(C)S(C)(=O)=O)ccc2Oc2ccc(F)cc2F)c2ccnc-2n1O. The number of hydrogen-bond acceptors (Lipinski definition) is 5. The van der Waals surface area contributed by atoms with Gasteiger partial charge in [0.2, 0.25) is 0 Å². The minimum Gasteiger partial charge on any atom is -0.454 e. The number of aryl methyl sites for hydroxylation is 1. The molecular weight excluding hydrogens is 438 g/mol. The third-order valence-electron chi connectivity index (χ3n) is 5.38. The van der Waals surface area contributed by atoms with Gasteiger partial charge >= 0.3 is 0 Å². The highest BCUT2D eigenvalue weighted by molar-refractivity contribution is 7.90. The molecule has 9 heteroatoms. The number of pyridine rings is 1. The van der Waals surface area contributed by atoms with Crippen molar-refractivity contribution in [3.05, 3.63) is 77.6 Å². The Morgan fingerprint density at radius 1 is 1.00 bits per heavy atom. The van der Waals surface area contributed by atoms with Crippen LogP contribution in [0.1, 0.15) is 23.4 Å². The lowest BCUT2D eigenvalue weighted by Gasteiger charge is -2.19. The van der Waals surface area contributed by atoms with Crippen LogP contribution in [0.3, 0.4) is 0 Å². The summed E-state index contributed by atoms with van der Waals surface area (Å²) < 4.78 is 58.6. The maximum absolute atomic E-state index is 14.3. The van der Waals surface area contributed by atoms with Crippen molar-refractivity contribution in [2.45, 2.75) is 19.1 Å². The second-order valence-corrected chi connectivity index (χ2v) is 9.96. The molecule has 4 rings (SSSR count). The molecule has 0 aliphatic carbocycles. The molecule has 2 aliphatic rings. The molecule has 0 fully saturated rings. The van der Waals surface area contributed by atoms with Gasteiger partial charge < -0.3 is 9.94 Å². The van der Waals surface area contributed by atoms with Crippen molar-refractivity contribution in [3.63, 3.8) is 0 Å². The maximum Gasteiger partial charge on any atom is 0.176 e. The molecule has 2 aromatic carbocycles. The molecule has 1 unspecified atom stereocenters. The van der Waals surface area contributed by atoms with E-state index in [9.17, 15) is 22.4 Å². The summed E-state index contributed by atoms with van der Waals surface area (Å²) in [4.78, 5) is 4.17. The first kappa shape index (κ1) is 21.8. The highest BCUT2D eigenvalue weighted by Gasteiger charge is 2.24. The largest absolute Gasteiger partial charge is 0.454 e. The molecule has 32 heavy (non-hydrogen) atoms. The number of ether oxygens (including phenoxy) is 1. The number of halogens is 2. The lowest BCUT2D eigenvalue weighted by molar-refractivity contribution is 0.180. The highest BCUT2D eigenvalue weighted by Crippen LogP contribution is 2.42. The van der Waals surface area contributed by atoms with Gasteiger partial charge in [-0.15, -0.1) is 0 Å². The zero-order valence-corrected chi connectivity index (χ0v) is 18.3. The van der Waals surface area contributed by atoms with E-state index in [-0.39, 0.29) is 11.5 Å². The average Bonchev–Trinajstić information content (AvgIpc) is 3.22. The van der Waals surface area contributed by atoms with Gasteiger partial charge in [0.1, 0.15) is 11.6 Å². The van der Waals surface area contributed by atoms with Crippen LogP contribution < -0.4 is 4.74 Å². The summed E-state index contributed by atoms with van der Waals surface area (Å²) in [6.07, 6.45) is 2.68. The molecule has 0 saturated heterocycles. The molecule has 2 aliphatic heterocycles. The third-order valence-corrected chi connectivity index (χ3v) is 6.93. The molecule has 0 bridgehead atoms. The van der Waals surface area contributed by atoms with Gasteiger partial charge in [-0.1, -0.05) is 6.07 Å². The fourth-order valence-electron chi connectivity index (χ4n) is 3.47. The van der Waals surface area contributed by atoms with E-state index >= 15 is 0 Å². The summed E-state index contributed by atoms with van der Waals surface area (Å²) in [5.74, 6) is -1.25. The van der Waals surface area contributed by atoms with Gasteiger partial charge in [-0.05, 0) is 61.4 Å². The van der Waals surface area contributed by atoms with Crippen LogP contribution in [0.15, 0.2) is 54.7 Å². The minimum absolute atomic E-state index is 0.182. The summed E-state index contributed by atoms with van der Waals surface area (Å²) in [6.45, 7) is 3.26. The second-order valence-electron chi connectivity index (χ2n) is 7.60. The molecule has 0 radical (unpaired) electrons. The molecule has 1 atom stereocenters. The van der Waals surface area contributed by atoms with Crippen molar-refractivity contribution in [2.75, 3.05) is 6.26 Å². The Kier molecular flexibility index (Phi) is 5.37. The lowest BCUT2D eigenvalue weighted by Crippen LogP contribution is -2.08. The van der Waals surface area contributed by atoms with Crippen molar-refractivity contribution >= 4 is 9.84 Å². The second kappa shape index (κ2) is 7.90. The van der Waals surface area contributed by atoms with Crippen molar-refractivity contribution < 1.29 is 27.1 Å². The monoisotopic (exact) mass is 458 g/mol. The molecule has 1 N–H and O–H groups in total. The number of aromatic nitrogens is 2. The Balaban J connectivity index is 1.94. The van der Waals surface area contributed by atoms with E-state index in [0.29, 0.717) is 33.8 Å². The van der Waals surface area contributed by atoms with Crippen LogP contribution >= 0.6 is 0 Å². The number of nitrogens with zero attached hydrogens (tertiary/aromatic N) is 2. The van der Waals surface area contributed by atoms with Gasteiger partial charge in [0.05, 0.1) is 10.9 Å². The predicted octanol–water partition coefficient (Wildman–Crippen LogP) is 5.38. The summed E-state index contributed by atoms with van der Waals surface area (Å²) >= 11 is 0. The van der Waals surface area contributed by atoms with Gasteiger partial charge in [0.25, 0.3) is 0 Å². The molecule has 166 valence electrons. The van der Waals surface area contributed by atoms with Gasteiger partial charge in [0, 0.05) is 29.6 Å². The first-order chi connectivity index (χ1) is 15.1. The van der Waals surface area contributed by atoms with Crippen LogP contribution in [0, 0.1) is 18.6 Å². The van der Waals surface area contributed by atoms with E-state index in [1.165, 1.54) is 12.3 Å². The molecule has 0 saturated carbocycles. The lowest BCUT2D eigenvalue weighted by atomic mass is 9.96. The molecule has 0 spiro atoms. The Labute approximate surface area is 183 Å². The van der Waals surface area contributed by atoms with Crippen LogP contribution in [0.2, 0.25) is 0 Å². The van der Waals surface area contributed by atoms with Gasteiger partial charge in [-0.2, -0.15) is 4.73 Å². The van der Waals surface area contributed by atoms with Gasteiger partial charge in [-0.3, -0.25) is 0 Å². The van der Waals surface area contributed by atoms with E-state index < -0.39 is 26.7 Å². The minimum atomic E-state index is -3.38. The Bertz CT molecular complexity index is 1400. The van der Waals surface area contributed by atoms with E-state index in [4.69, 9.17) is 4.74 Å². The van der Waals surface area contributed by atoms with Crippen LogP contribution in [0.25, 0.3) is 22.5 Å².